The third-order valence-electron chi connectivity index (χ3n) is 4.24. The van der Waals surface area contributed by atoms with Crippen molar-refractivity contribution in [3.63, 3.8) is 0 Å². The molecule has 3 aromatic rings. The number of halogens is 1. The first kappa shape index (κ1) is 18.0. The number of aryl methyl sites for hydroxylation is 2. The van der Waals surface area contributed by atoms with E-state index in [1.54, 1.807) is 12.1 Å². The molecule has 0 radical (unpaired) electrons. The molecule has 0 saturated heterocycles. The van der Waals surface area contributed by atoms with Crippen molar-refractivity contribution in [1.82, 2.24) is 14.4 Å². The third-order valence-corrected chi connectivity index (χ3v) is 4.24. The summed E-state index contributed by atoms with van der Waals surface area (Å²) >= 11 is 0. The first-order valence-corrected chi connectivity index (χ1v) is 8.82. The highest BCUT2D eigenvalue weighted by Gasteiger charge is 2.19. The molecular formula is C20H22FN3O2. The van der Waals surface area contributed by atoms with Gasteiger partial charge in [-0.15, -0.1) is 0 Å². The molecule has 0 aliphatic rings. The number of fused-ring (bicyclic) bond motifs is 1. The van der Waals surface area contributed by atoms with Crippen molar-refractivity contribution in [3.8, 4) is 11.3 Å². The Morgan fingerprint density at radius 3 is 2.58 bits per heavy atom. The molecule has 0 aliphatic heterocycles. The third kappa shape index (κ3) is 3.59. The Morgan fingerprint density at radius 2 is 1.92 bits per heavy atom. The Labute approximate surface area is 151 Å². The van der Waals surface area contributed by atoms with Gasteiger partial charge in [0.25, 0.3) is 0 Å². The molecule has 0 N–H and O–H groups in total. The molecule has 0 aliphatic carbocycles. The first-order valence-electron chi connectivity index (χ1n) is 8.82. The van der Waals surface area contributed by atoms with E-state index in [-0.39, 0.29) is 18.2 Å². The fourth-order valence-corrected chi connectivity index (χ4v) is 2.91. The van der Waals surface area contributed by atoms with Crippen LogP contribution in [0.1, 0.15) is 37.2 Å². The molecule has 2 aromatic heterocycles. The summed E-state index contributed by atoms with van der Waals surface area (Å²) in [7, 11) is 0. The fourth-order valence-electron chi connectivity index (χ4n) is 2.91. The number of benzene rings is 1. The van der Waals surface area contributed by atoms with Crippen LogP contribution in [0.4, 0.5) is 4.39 Å². The van der Waals surface area contributed by atoms with Gasteiger partial charge in [-0.1, -0.05) is 13.8 Å². The van der Waals surface area contributed by atoms with Crippen LogP contribution >= 0.6 is 0 Å². The van der Waals surface area contributed by atoms with Crippen molar-refractivity contribution in [2.45, 2.75) is 40.0 Å². The molecule has 0 spiro atoms. The maximum atomic E-state index is 13.3. The predicted octanol–water partition coefficient (Wildman–Crippen LogP) is 3.90. The van der Waals surface area contributed by atoms with Gasteiger partial charge in [-0.05, 0) is 49.6 Å². The number of hydrogen-bond donors (Lipinski definition) is 0. The van der Waals surface area contributed by atoms with Crippen LogP contribution in [0.25, 0.3) is 17.0 Å². The van der Waals surface area contributed by atoms with Crippen LogP contribution in [-0.2, 0) is 22.4 Å². The predicted molar refractivity (Wildman–Crippen MR) is 97.5 cm³/mol. The summed E-state index contributed by atoms with van der Waals surface area (Å²) in [6.45, 7) is 6.37. The lowest BCUT2D eigenvalue weighted by atomic mass is 10.1. The summed E-state index contributed by atoms with van der Waals surface area (Å²) in [4.78, 5) is 21.4. The van der Waals surface area contributed by atoms with Gasteiger partial charge in [-0.2, -0.15) is 0 Å². The minimum Gasteiger partial charge on any atom is -0.465 e. The van der Waals surface area contributed by atoms with Crippen molar-refractivity contribution >= 4 is 11.7 Å². The van der Waals surface area contributed by atoms with Crippen molar-refractivity contribution < 1.29 is 13.9 Å². The lowest BCUT2D eigenvalue weighted by molar-refractivity contribution is -0.142. The Balaban J connectivity index is 2.13. The van der Waals surface area contributed by atoms with Gasteiger partial charge < -0.3 is 4.74 Å². The summed E-state index contributed by atoms with van der Waals surface area (Å²) in [6, 6.07) is 6.08. The van der Waals surface area contributed by atoms with Gasteiger partial charge in [0.2, 0.25) is 5.78 Å². The van der Waals surface area contributed by atoms with E-state index in [1.165, 1.54) is 12.1 Å². The van der Waals surface area contributed by atoms with E-state index in [1.807, 2.05) is 31.4 Å². The normalized spacial score (nSPS) is 11.1. The highest BCUT2D eigenvalue weighted by atomic mass is 19.1. The molecule has 26 heavy (non-hydrogen) atoms. The summed E-state index contributed by atoms with van der Waals surface area (Å²) in [5, 5.41) is 0. The smallest absolute Gasteiger partial charge is 0.311 e. The van der Waals surface area contributed by atoms with E-state index >= 15 is 0 Å². The average Bonchev–Trinajstić information content (AvgIpc) is 2.97. The Morgan fingerprint density at radius 1 is 1.19 bits per heavy atom. The summed E-state index contributed by atoms with van der Waals surface area (Å²) in [5.74, 6) is -0.0945. The molecule has 3 rings (SSSR count). The van der Waals surface area contributed by atoms with E-state index in [9.17, 15) is 9.18 Å². The number of imidazole rings is 1. The average molecular weight is 355 g/mol. The van der Waals surface area contributed by atoms with E-state index in [0.29, 0.717) is 23.8 Å². The van der Waals surface area contributed by atoms with Gasteiger partial charge in [0.15, 0.2) is 0 Å². The Kier molecular flexibility index (Phi) is 5.30. The van der Waals surface area contributed by atoms with Crippen LogP contribution in [0, 0.1) is 12.7 Å². The van der Waals surface area contributed by atoms with Crippen LogP contribution < -0.4 is 0 Å². The topological polar surface area (TPSA) is 56.5 Å². The first-order chi connectivity index (χ1) is 12.5. The molecule has 2 heterocycles. The number of nitrogens with zero attached hydrogens (tertiary/aromatic N) is 3. The molecular weight excluding hydrogens is 333 g/mol. The second-order valence-electron chi connectivity index (χ2n) is 6.21. The molecule has 5 nitrogen and oxygen atoms in total. The molecule has 0 bridgehead atoms. The van der Waals surface area contributed by atoms with Crippen LogP contribution in [-0.4, -0.2) is 26.9 Å². The van der Waals surface area contributed by atoms with Crippen molar-refractivity contribution in [3.05, 3.63) is 53.2 Å². The summed E-state index contributed by atoms with van der Waals surface area (Å²) in [6.07, 6.45) is 3.60. The number of aromatic nitrogens is 3. The number of ether oxygens (including phenoxy) is 1. The molecule has 0 atom stereocenters. The van der Waals surface area contributed by atoms with Gasteiger partial charge in [0, 0.05) is 17.5 Å². The molecule has 0 fully saturated rings. The number of carbonyl (C=O) groups is 1. The lowest BCUT2D eigenvalue weighted by Crippen LogP contribution is -2.11. The highest BCUT2D eigenvalue weighted by Crippen LogP contribution is 2.26. The fraction of sp³-hybridized carbons (Fsp3) is 0.350. The van der Waals surface area contributed by atoms with E-state index in [4.69, 9.17) is 4.74 Å². The number of hydrogen-bond acceptors (Lipinski definition) is 4. The monoisotopic (exact) mass is 355 g/mol. The molecule has 6 heteroatoms. The van der Waals surface area contributed by atoms with Gasteiger partial charge in [-0.25, -0.2) is 14.4 Å². The lowest BCUT2D eigenvalue weighted by Gasteiger charge is -2.08. The maximum Gasteiger partial charge on any atom is 0.311 e. The van der Waals surface area contributed by atoms with Crippen molar-refractivity contribution in [2.24, 2.45) is 0 Å². The zero-order valence-corrected chi connectivity index (χ0v) is 15.3. The SMILES string of the molecule is CCCOC(=O)Cc1c(-c2ccc(F)cc2)nc2nc(CC)c(C)cn12. The number of rotatable bonds is 6. The number of carbonyl (C=O) groups excluding carboxylic acids is 1. The van der Waals surface area contributed by atoms with Gasteiger partial charge >= 0.3 is 5.97 Å². The Hall–Kier alpha value is -2.76. The van der Waals surface area contributed by atoms with Crippen molar-refractivity contribution in [1.29, 1.82) is 0 Å². The molecule has 0 unspecified atom stereocenters. The maximum absolute atomic E-state index is 13.3. The second kappa shape index (κ2) is 7.64. The van der Waals surface area contributed by atoms with E-state index in [0.717, 1.165) is 29.7 Å². The quantitative estimate of drug-likeness (QED) is 0.629. The van der Waals surface area contributed by atoms with Gasteiger partial charge in [0.1, 0.15) is 5.82 Å². The number of esters is 1. The molecule has 0 saturated carbocycles. The van der Waals surface area contributed by atoms with Gasteiger partial charge in [0.05, 0.1) is 24.4 Å². The zero-order valence-electron chi connectivity index (χ0n) is 15.3. The van der Waals surface area contributed by atoms with Crippen LogP contribution in [0.2, 0.25) is 0 Å². The van der Waals surface area contributed by atoms with E-state index in [2.05, 4.69) is 9.97 Å². The van der Waals surface area contributed by atoms with Crippen LogP contribution in [0.5, 0.6) is 0 Å². The second-order valence-corrected chi connectivity index (χ2v) is 6.21. The highest BCUT2D eigenvalue weighted by molar-refractivity contribution is 5.77. The molecule has 1 aromatic carbocycles. The van der Waals surface area contributed by atoms with Crippen LogP contribution in [0.15, 0.2) is 30.5 Å². The Bertz CT molecular complexity index is 932. The molecule has 136 valence electrons. The minimum atomic E-state index is -0.316. The largest absolute Gasteiger partial charge is 0.465 e. The molecule has 0 amide bonds. The van der Waals surface area contributed by atoms with Crippen molar-refractivity contribution in [2.75, 3.05) is 6.61 Å². The standard InChI is InChI=1S/C20H22FN3O2/c1-4-10-26-18(25)11-17-19(14-6-8-15(21)9-7-14)23-20-22-16(5-2)13(3)12-24(17)20/h6-9,12H,4-5,10-11H2,1-3H3. The minimum absolute atomic E-state index is 0.0838. The summed E-state index contributed by atoms with van der Waals surface area (Å²) < 4.78 is 20.4. The van der Waals surface area contributed by atoms with Crippen LogP contribution in [0.3, 0.4) is 0 Å². The summed E-state index contributed by atoms with van der Waals surface area (Å²) in [5.41, 5.74) is 4.06. The van der Waals surface area contributed by atoms with E-state index < -0.39 is 0 Å². The van der Waals surface area contributed by atoms with Gasteiger partial charge in [-0.3, -0.25) is 9.20 Å². The zero-order chi connectivity index (χ0) is 18.7.